The third-order valence-corrected chi connectivity index (χ3v) is 4.58. The summed E-state index contributed by atoms with van der Waals surface area (Å²) in [5.41, 5.74) is 2.99. The van der Waals surface area contributed by atoms with Crippen molar-refractivity contribution in [2.45, 2.75) is 19.8 Å². The van der Waals surface area contributed by atoms with Gasteiger partial charge in [-0.1, -0.05) is 6.92 Å². The molecule has 0 bridgehead atoms. The Morgan fingerprint density at radius 1 is 1.50 bits per heavy atom. The second-order valence-electron chi connectivity index (χ2n) is 4.75. The van der Waals surface area contributed by atoms with E-state index in [2.05, 4.69) is 41.1 Å². The zero-order valence-electron chi connectivity index (χ0n) is 10.6. The number of nitrogens with zero attached hydrogens (tertiary/aromatic N) is 1. The molecule has 1 aromatic heterocycles. The molecule has 96 valence electrons. The van der Waals surface area contributed by atoms with Crippen LogP contribution in [0, 0.1) is 5.92 Å². The summed E-state index contributed by atoms with van der Waals surface area (Å²) in [7, 11) is 0. The Balaban J connectivity index is 1.71. The molecule has 4 heteroatoms. The number of rotatable bonds is 4. The standard InChI is InChI=1S/C14H18N2OS/c1-2-14-16-12-7-11(3-4-13(12)17-14)15-8-10-5-6-18-9-10/h3-4,7,10,15H,2,5-6,8-9H2,1H3. The van der Waals surface area contributed by atoms with Crippen molar-refractivity contribution in [1.29, 1.82) is 0 Å². The third kappa shape index (κ3) is 2.48. The number of aryl methyl sites for hydroxylation is 1. The van der Waals surface area contributed by atoms with E-state index in [0.717, 1.165) is 41.6 Å². The first-order chi connectivity index (χ1) is 8.85. The summed E-state index contributed by atoms with van der Waals surface area (Å²) in [5, 5.41) is 3.51. The van der Waals surface area contributed by atoms with E-state index in [1.807, 2.05) is 6.07 Å². The van der Waals surface area contributed by atoms with Gasteiger partial charge in [-0.25, -0.2) is 4.98 Å². The Kier molecular flexibility index (Phi) is 3.46. The van der Waals surface area contributed by atoms with Crippen LogP contribution < -0.4 is 5.32 Å². The van der Waals surface area contributed by atoms with Crippen molar-refractivity contribution < 1.29 is 4.42 Å². The fraction of sp³-hybridized carbons (Fsp3) is 0.500. The second-order valence-corrected chi connectivity index (χ2v) is 5.90. The maximum Gasteiger partial charge on any atom is 0.195 e. The van der Waals surface area contributed by atoms with Crippen molar-refractivity contribution in [3.05, 3.63) is 24.1 Å². The largest absolute Gasteiger partial charge is 0.441 e. The molecule has 0 amide bonds. The molecule has 18 heavy (non-hydrogen) atoms. The zero-order chi connectivity index (χ0) is 12.4. The van der Waals surface area contributed by atoms with Gasteiger partial charge in [-0.15, -0.1) is 0 Å². The van der Waals surface area contributed by atoms with Gasteiger partial charge in [0.05, 0.1) is 0 Å². The van der Waals surface area contributed by atoms with Gasteiger partial charge < -0.3 is 9.73 Å². The highest BCUT2D eigenvalue weighted by Crippen LogP contribution is 2.25. The topological polar surface area (TPSA) is 38.1 Å². The van der Waals surface area contributed by atoms with Crippen molar-refractivity contribution in [1.82, 2.24) is 4.98 Å². The summed E-state index contributed by atoms with van der Waals surface area (Å²) in [6, 6.07) is 6.17. The number of benzene rings is 1. The third-order valence-electron chi connectivity index (χ3n) is 3.35. The molecule has 1 aliphatic heterocycles. The molecule has 0 aliphatic carbocycles. The van der Waals surface area contributed by atoms with E-state index in [4.69, 9.17) is 4.42 Å². The van der Waals surface area contributed by atoms with Gasteiger partial charge >= 0.3 is 0 Å². The van der Waals surface area contributed by atoms with Crippen molar-refractivity contribution in [2.75, 3.05) is 23.4 Å². The molecule has 0 saturated carbocycles. The fourth-order valence-electron chi connectivity index (χ4n) is 2.24. The van der Waals surface area contributed by atoms with E-state index >= 15 is 0 Å². The Bertz CT molecular complexity index is 532. The first-order valence-corrected chi connectivity index (χ1v) is 7.71. The average molecular weight is 262 g/mol. The van der Waals surface area contributed by atoms with Crippen LogP contribution in [0.5, 0.6) is 0 Å². The number of nitrogens with one attached hydrogen (secondary N) is 1. The molecule has 1 aromatic carbocycles. The predicted molar refractivity (Wildman–Crippen MR) is 77.3 cm³/mol. The normalized spacial score (nSPS) is 19.5. The van der Waals surface area contributed by atoms with Crippen LogP contribution in [0.1, 0.15) is 19.2 Å². The second kappa shape index (κ2) is 5.22. The van der Waals surface area contributed by atoms with Crippen LogP contribution in [0.4, 0.5) is 5.69 Å². The molecule has 0 radical (unpaired) electrons. The molecule has 0 spiro atoms. The van der Waals surface area contributed by atoms with Crippen LogP contribution in [0.15, 0.2) is 22.6 Å². The first-order valence-electron chi connectivity index (χ1n) is 6.56. The van der Waals surface area contributed by atoms with Crippen LogP contribution in [0.25, 0.3) is 11.1 Å². The van der Waals surface area contributed by atoms with Gasteiger partial charge in [-0.05, 0) is 42.0 Å². The number of aromatic nitrogens is 1. The molecule has 1 unspecified atom stereocenters. The number of thioether (sulfide) groups is 1. The van der Waals surface area contributed by atoms with E-state index in [0.29, 0.717) is 0 Å². The summed E-state index contributed by atoms with van der Waals surface area (Å²) in [5.74, 6) is 4.23. The van der Waals surface area contributed by atoms with Crippen molar-refractivity contribution in [3.8, 4) is 0 Å². The van der Waals surface area contributed by atoms with Crippen LogP contribution in [-0.2, 0) is 6.42 Å². The highest BCUT2D eigenvalue weighted by atomic mass is 32.2. The van der Waals surface area contributed by atoms with Gasteiger partial charge in [0.1, 0.15) is 5.52 Å². The van der Waals surface area contributed by atoms with Gasteiger partial charge in [-0.2, -0.15) is 11.8 Å². The Morgan fingerprint density at radius 3 is 3.22 bits per heavy atom. The lowest BCUT2D eigenvalue weighted by Crippen LogP contribution is -2.13. The van der Waals surface area contributed by atoms with Gasteiger partial charge in [0, 0.05) is 18.7 Å². The minimum absolute atomic E-state index is 0.814. The maximum absolute atomic E-state index is 5.61. The van der Waals surface area contributed by atoms with Gasteiger partial charge in [0.15, 0.2) is 11.5 Å². The van der Waals surface area contributed by atoms with E-state index in [1.165, 1.54) is 17.9 Å². The van der Waals surface area contributed by atoms with E-state index in [-0.39, 0.29) is 0 Å². The molecule has 1 saturated heterocycles. The maximum atomic E-state index is 5.61. The lowest BCUT2D eigenvalue weighted by molar-refractivity contribution is 0.538. The first kappa shape index (κ1) is 11.9. The lowest BCUT2D eigenvalue weighted by atomic mass is 10.1. The van der Waals surface area contributed by atoms with Crippen LogP contribution in [0.3, 0.4) is 0 Å². The average Bonchev–Trinajstić information content (AvgIpc) is 3.04. The summed E-state index contributed by atoms with van der Waals surface area (Å²) >= 11 is 2.06. The molecule has 1 aliphatic rings. The van der Waals surface area contributed by atoms with Crippen LogP contribution in [-0.4, -0.2) is 23.0 Å². The van der Waals surface area contributed by atoms with Gasteiger partial charge in [-0.3, -0.25) is 0 Å². The summed E-state index contributed by atoms with van der Waals surface area (Å²) < 4.78 is 5.61. The fourth-order valence-corrected chi connectivity index (χ4v) is 3.53. The predicted octanol–water partition coefficient (Wildman–Crippen LogP) is 3.56. The Labute approximate surface area is 111 Å². The summed E-state index contributed by atoms with van der Waals surface area (Å²) in [4.78, 5) is 4.46. The molecule has 2 heterocycles. The van der Waals surface area contributed by atoms with Gasteiger partial charge in [0.25, 0.3) is 0 Å². The van der Waals surface area contributed by atoms with E-state index in [9.17, 15) is 0 Å². The monoisotopic (exact) mass is 262 g/mol. The highest BCUT2D eigenvalue weighted by molar-refractivity contribution is 7.99. The van der Waals surface area contributed by atoms with Crippen LogP contribution in [0.2, 0.25) is 0 Å². The smallest absolute Gasteiger partial charge is 0.195 e. The highest BCUT2D eigenvalue weighted by Gasteiger charge is 2.15. The molecule has 1 N–H and O–H groups in total. The van der Waals surface area contributed by atoms with Gasteiger partial charge in [0.2, 0.25) is 0 Å². The van der Waals surface area contributed by atoms with Crippen molar-refractivity contribution >= 4 is 28.5 Å². The molecule has 2 aromatic rings. The quantitative estimate of drug-likeness (QED) is 0.914. The lowest BCUT2D eigenvalue weighted by Gasteiger charge is -2.10. The minimum atomic E-state index is 0.814. The van der Waals surface area contributed by atoms with Crippen LogP contribution >= 0.6 is 11.8 Å². The molecular weight excluding hydrogens is 244 g/mol. The molecular formula is C14H18N2OS. The molecule has 3 rings (SSSR count). The zero-order valence-corrected chi connectivity index (χ0v) is 11.4. The minimum Gasteiger partial charge on any atom is -0.441 e. The number of hydrogen-bond acceptors (Lipinski definition) is 4. The Hall–Kier alpha value is -1.16. The number of fused-ring (bicyclic) bond motifs is 1. The van der Waals surface area contributed by atoms with E-state index < -0.39 is 0 Å². The van der Waals surface area contributed by atoms with Crippen molar-refractivity contribution in [2.24, 2.45) is 5.92 Å². The molecule has 3 nitrogen and oxygen atoms in total. The van der Waals surface area contributed by atoms with Crippen molar-refractivity contribution in [3.63, 3.8) is 0 Å². The summed E-state index contributed by atoms with van der Waals surface area (Å²) in [6.07, 6.45) is 2.18. The Morgan fingerprint density at radius 2 is 2.44 bits per heavy atom. The number of hydrogen-bond donors (Lipinski definition) is 1. The van der Waals surface area contributed by atoms with E-state index in [1.54, 1.807) is 0 Å². The number of anilines is 1. The number of oxazole rings is 1. The summed E-state index contributed by atoms with van der Waals surface area (Å²) in [6.45, 7) is 3.12. The molecule has 1 fully saturated rings. The molecule has 1 atom stereocenters. The SMILES string of the molecule is CCc1nc2cc(NCC3CCSC3)ccc2o1.